The van der Waals surface area contributed by atoms with E-state index in [4.69, 9.17) is 14.0 Å². The largest absolute Gasteiger partial charge is 0.465 e. The predicted molar refractivity (Wildman–Crippen MR) is 111 cm³/mol. The molecular weight excluding hydrogens is 420 g/mol. The van der Waals surface area contributed by atoms with E-state index in [1.165, 1.54) is 29.8 Å². The molecule has 0 atom stereocenters. The monoisotopic (exact) mass is 438 g/mol. The number of hydrogen-bond acceptors (Lipinski definition) is 8. The van der Waals surface area contributed by atoms with Gasteiger partial charge in [0.05, 0.1) is 37.1 Å². The van der Waals surface area contributed by atoms with Gasteiger partial charge in [-0.3, -0.25) is 9.69 Å². The number of ether oxygens (including phenoxy) is 2. The molecule has 0 saturated carbocycles. The van der Waals surface area contributed by atoms with Crippen molar-refractivity contribution in [3.63, 3.8) is 0 Å². The summed E-state index contributed by atoms with van der Waals surface area (Å²) in [6, 6.07) is 13.8. The third-order valence-corrected chi connectivity index (χ3v) is 5.75. The zero-order chi connectivity index (χ0) is 22.0. The summed E-state index contributed by atoms with van der Waals surface area (Å²) < 4.78 is 15.0. The second-order valence-corrected chi connectivity index (χ2v) is 7.65. The molecule has 8 nitrogen and oxygen atoms in total. The molecule has 0 spiro atoms. The summed E-state index contributed by atoms with van der Waals surface area (Å²) in [4.78, 5) is 40.5. The number of hydrogen-bond donors (Lipinski definition) is 0. The van der Waals surface area contributed by atoms with Crippen LogP contribution in [0.1, 0.15) is 43.9 Å². The molecular formula is C22H18N2O6S. The minimum absolute atomic E-state index is 0.0117. The molecule has 1 aliphatic rings. The van der Waals surface area contributed by atoms with Gasteiger partial charge < -0.3 is 14.0 Å². The SMILES string of the molecule is CCOC(=O)c1cc(CN2C(=O)c3ccccc3Sc3ccc(C(=O)OC)cc32)on1. The molecule has 9 heteroatoms. The van der Waals surface area contributed by atoms with Crippen LogP contribution in [0.25, 0.3) is 0 Å². The summed E-state index contributed by atoms with van der Waals surface area (Å²) in [5, 5.41) is 3.74. The van der Waals surface area contributed by atoms with Crippen molar-refractivity contribution >= 4 is 35.3 Å². The highest BCUT2D eigenvalue weighted by atomic mass is 32.2. The summed E-state index contributed by atoms with van der Waals surface area (Å²) in [7, 11) is 1.30. The van der Waals surface area contributed by atoms with E-state index < -0.39 is 11.9 Å². The molecule has 0 radical (unpaired) electrons. The first-order valence-corrected chi connectivity index (χ1v) is 10.3. The van der Waals surface area contributed by atoms with E-state index >= 15 is 0 Å². The lowest BCUT2D eigenvalue weighted by atomic mass is 10.1. The lowest BCUT2D eigenvalue weighted by Gasteiger charge is -2.22. The number of anilines is 1. The van der Waals surface area contributed by atoms with Crippen molar-refractivity contribution in [3.8, 4) is 0 Å². The summed E-state index contributed by atoms with van der Waals surface area (Å²) in [5.74, 6) is -1.08. The fourth-order valence-electron chi connectivity index (χ4n) is 3.17. The number of benzene rings is 2. The van der Waals surface area contributed by atoms with Gasteiger partial charge in [0.25, 0.3) is 5.91 Å². The van der Waals surface area contributed by atoms with Crippen molar-refractivity contribution in [2.24, 2.45) is 0 Å². The first-order valence-electron chi connectivity index (χ1n) is 9.45. The zero-order valence-corrected chi connectivity index (χ0v) is 17.6. The number of amides is 1. The van der Waals surface area contributed by atoms with E-state index in [1.54, 1.807) is 37.3 Å². The van der Waals surface area contributed by atoms with Crippen molar-refractivity contribution in [3.05, 3.63) is 71.1 Å². The van der Waals surface area contributed by atoms with E-state index in [2.05, 4.69) is 5.16 Å². The standard InChI is InChI=1S/C22H18N2O6S/c1-3-29-22(27)16-11-14(30-23-16)12-24-17-10-13(21(26)28-2)8-9-19(17)31-18-7-5-4-6-15(18)20(24)25/h4-11H,3,12H2,1-2H3. The number of fused-ring (bicyclic) bond motifs is 2. The van der Waals surface area contributed by atoms with Crippen LogP contribution in [-0.4, -0.2) is 36.7 Å². The maximum atomic E-state index is 13.4. The Morgan fingerprint density at radius 2 is 1.90 bits per heavy atom. The Morgan fingerprint density at radius 1 is 1.10 bits per heavy atom. The Balaban J connectivity index is 1.77. The van der Waals surface area contributed by atoms with Crippen molar-refractivity contribution < 1.29 is 28.4 Å². The van der Waals surface area contributed by atoms with E-state index in [9.17, 15) is 14.4 Å². The maximum Gasteiger partial charge on any atom is 0.360 e. The van der Waals surface area contributed by atoms with Crippen molar-refractivity contribution in [1.82, 2.24) is 5.16 Å². The quantitative estimate of drug-likeness (QED) is 0.552. The number of nitrogens with zero attached hydrogens (tertiary/aromatic N) is 2. The van der Waals surface area contributed by atoms with Crippen LogP contribution in [0, 0.1) is 0 Å². The number of carbonyl (C=O) groups is 3. The van der Waals surface area contributed by atoms with Gasteiger partial charge in [-0.15, -0.1) is 0 Å². The molecule has 1 amide bonds. The Kier molecular flexibility index (Phi) is 5.77. The minimum atomic E-state index is -0.603. The van der Waals surface area contributed by atoms with E-state index in [-0.39, 0.29) is 24.8 Å². The molecule has 1 aromatic heterocycles. The van der Waals surface area contributed by atoms with Crippen LogP contribution in [0.5, 0.6) is 0 Å². The van der Waals surface area contributed by atoms with Crippen LogP contribution in [0.3, 0.4) is 0 Å². The molecule has 3 aromatic rings. The normalized spacial score (nSPS) is 12.6. The van der Waals surface area contributed by atoms with Crippen LogP contribution in [0.2, 0.25) is 0 Å². The number of aromatic nitrogens is 1. The molecule has 31 heavy (non-hydrogen) atoms. The van der Waals surface area contributed by atoms with Gasteiger partial charge >= 0.3 is 11.9 Å². The smallest absolute Gasteiger partial charge is 0.360 e. The minimum Gasteiger partial charge on any atom is -0.465 e. The van der Waals surface area contributed by atoms with Gasteiger partial charge in [0.1, 0.15) is 0 Å². The van der Waals surface area contributed by atoms with E-state index in [1.807, 2.05) is 12.1 Å². The molecule has 0 bridgehead atoms. The maximum absolute atomic E-state index is 13.4. The highest BCUT2D eigenvalue weighted by Gasteiger charge is 2.29. The Labute approximate surface area is 182 Å². The Bertz CT molecular complexity index is 1170. The average Bonchev–Trinajstić information content (AvgIpc) is 3.22. The molecule has 0 unspecified atom stereocenters. The van der Waals surface area contributed by atoms with Crippen LogP contribution < -0.4 is 4.90 Å². The van der Waals surface area contributed by atoms with Crippen molar-refractivity contribution in [1.29, 1.82) is 0 Å². The topological polar surface area (TPSA) is 98.9 Å². The fraction of sp³-hybridized carbons (Fsp3) is 0.182. The molecule has 158 valence electrons. The molecule has 0 aliphatic carbocycles. The summed E-state index contributed by atoms with van der Waals surface area (Å²) in [6.45, 7) is 1.92. The molecule has 0 fully saturated rings. The number of esters is 2. The number of methoxy groups -OCH3 is 1. The van der Waals surface area contributed by atoms with E-state index in [0.717, 1.165) is 9.79 Å². The summed E-state index contributed by atoms with van der Waals surface area (Å²) in [6.07, 6.45) is 0. The number of rotatable bonds is 5. The average molecular weight is 438 g/mol. The Hall–Kier alpha value is -3.59. The van der Waals surface area contributed by atoms with Crippen LogP contribution in [0.4, 0.5) is 5.69 Å². The zero-order valence-electron chi connectivity index (χ0n) is 16.8. The third kappa shape index (κ3) is 4.04. The Morgan fingerprint density at radius 3 is 2.68 bits per heavy atom. The first kappa shape index (κ1) is 20.7. The van der Waals surface area contributed by atoms with Gasteiger partial charge in [-0.2, -0.15) is 0 Å². The highest BCUT2D eigenvalue weighted by molar-refractivity contribution is 7.99. The first-order chi connectivity index (χ1) is 15.0. The fourth-order valence-corrected chi connectivity index (χ4v) is 4.23. The molecule has 2 aromatic carbocycles. The number of carbonyl (C=O) groups excluding carboxylic acids is 3. The molecule has 4 rings (SSSR count). The molecule has 1 aliphatic heterocycles. The summed E-state index contributed by atoms with van der Waals surface area (Å²) >= 11 is 1.43. The third-order valence-electron chi connectivity index (χ3n) is 4.61. The van der Waals surface area contributed by atoms with Crippen LogP contribution in [-0.2, 0) is 16.0 Å². The van der Waals surface area contributed by atoms with Gasteiger partial charge in [-0.05, 0) is 37.3 Å². The van der Waals surface area contributed by atoms with Gasteiger partial charge in [0, 0.05) is 15.9 Å². The molecule has 0 saturated heterocycles. The molecule has 2 heterocycles. The van der Waals surface area contributed by atoms with Gasteiger partial charge in [-0.25, -0.2) is 9.59 Å². The molecule has 0 N–H and O–H groups in total. The second kappa shape index (κ2) is 8.65. The van der Waals surface area contributed by atoms with Crippen LogP contribution >= 0.6 is 11.8 Å². The van der Waals surface area contributed by atoms with Crippen LogP contribution in [0.15, 0.2) is 62.8 Å². The van der Waals surface area contributed by atoms with Crippen molar-refractivity contribution in [2.75, 3.05) is 18.6 Å². The van der Waals surface area contributed by atoms with Gasteiger partial charge in [0.15, 0.2) is 11.5 Å². The highest BCUT2D eigenvalue weighted by Crippen LogP contribution is 2.42. The predicted octanol–water partition coefficient (Wildman–Crippen LogP) is 3.95. The lowest BCUT2D eigenvalue weighted by molar-refractivity contribution is 0.0513. The van der Waals surface area contributed by atoms with Gasteiger partial charge in [-0.1, -0.05) is 29.1 Å². The summed E-state index contributed by atoms with van der Waals surface area (Å²) in [5.41, 5.74) is 1.39. The van der Waals surface area contributed by atoms with Crippen molar-refractivity contribution in [2.45, 2.75) is 23.3 Å². The second-order valence-electron chi connectivity index (χ2n) is 6.56. The van der Waals surface area contributed by atoms with E-state index in [0.29, 0.717) is 22.6 Å². The van der Waals surface area contributed by atoms with Gasteiger partial charge in [0.2, 0.25) is 0 Å². The lowest BCUT2D eigenvalue weighted by Crippen LogP contribution is -2.30.